The molecule has 3 aromatic carbocycles. The molecule has 27 heavy (non-hydrogen) atoms. The highest BCUT2D eigenvalue weighted by atomic mass is 19.1. The van der Waals surface area contributed by atoms with E-state index >= 15 is 0 Å². The predicted molar refractivity (Wildman–Crippen MR) is 111 cm³/mol. The molecule has 0 atom stereocenters. The number of aryl methyl sites for hydroxylation is 1. The van der Waals surface area contributed by atoms with Crippen molar-refractivity contribution >= 4 is 17.1 Å². The standard InChI is InChI=1S/C23H22FN3/c1-14-11-17(8-10-22(14)26)20-12-16(7-9-21(20)24)13-23(27)19-6-4-3-5-18(19)15(2)25/h3-12,27H,2,13,25-26H2,1H3. The molecule has 0 saturated carbocycles. The zero-order chi connectivity index (χ0) is 19.6. The number of nitrogens with two attached hydrogens (primary N) is 2. The van der Waals surface area contributed by atoms with Crippen LogP contribution in [0.25, 0.3) is 16.8 Å². The molecule has 4 heteroatoms. The van der Waals surface area contributed by atoms with Gasteiger partial charge in [0.15, 0.2) is 0 Å². The third kappa shape index (κ3) is 3.90. The zero-order valence-corrected chi connectivity index (χ0v) is 15.2. The molecule has 0 amide bonds. The van der Waals surface area contributed by atoms with Gasteiger partial charge in [-0.1, -0.05) is 43.0 Å². The normalized spacial score (nSPS) is 10.6. The van der Waals surface area contributed by atoms with Crippen molar-refractivity contribution in [2.24, 2.45) is 5.73 Å². The Morgan fingerprint density at radius 2 is 1.74 bits per heavy atom. The first-order valence-corrected chi connectivity index (χ1v) is 8.63. The average Bonchev–Trinajstić information content (AvgIpc) is 2.65. The Bertz CT molecular complexity index is 1040. The molecule has 0 aromatic heterocycles. The summed E-state index contributed by atoms with van der Waals surface area (Å²) in [5, 5.41) is 8.49. The number of hydrogen-bond donors (Lipinski definition) is 3. The number of benzene rings is 3. The van der Waals surface area contributed by atoms with E-state index in [1.807, 2.05) is 43.3 Å². The minimum Gasteiger partial charge on any atom is -0.399 e. The quantitative estimate of drug-likeness (QED) is 0.446. The lowest BCUT2D eigenvalue weighted by Gasteiger charge is -2.12. The molecule has 0 saturated heterocycles. The van der Waals surface area contributed by atoms with Crippen molar-refractivity contribution < 1.29 is 4.39 Å². The molecule has 0 fully saturated rings. The van der Waals surface area contributed by atoms with Gasteiger partial charge in [0, 0.05) is 40.2 Å². The molecule has 0 spiro atoms. The lowest BCUT2D eigenvalue weighted by atomic mass is 9.94. The number of anilines is 1. The molecule has 0 unspecified atom stereocenters. The zero-order valence-electron chi connectivity index (χ0n) is 15.2. The van der Waals surface area contributed by atoms with E-state index in [1.54, 1.807) is 18.2 Å². The van der Waals surface area contributed by atoms with Gasteiger partial charge in [-0.15, -0.1) is 0 Å². The van der Waals surface area contributed by atoms with Gasteiger partial charge in [-0.05, 0) is 47.9 Å². The molecule has 3 rings (SSSR count). The van der Waals surface area contributed by atoms with Gasteiger partial charge in [-0.3, -0.25) is 0 Å². The van der Waals surface area contributed by atoms with Gasteiger partial charge in [0.25, 0.3) is 0 Å². The van der Waals surface area contributed by atoms with Crippen molar-refractivity contribution in [3.8, 4) is 11.1 Å². The van der Waals surface area contributed by atoms with Crippen LogP contribution in [0.3, 0.4) is 0 Å². The van der Waals surface area contributed by atoms with E-state index in [-0.39, 0.29) is 5.82 Å². The van der Waals surface area contributed by atoms with Gasteiger partial charge in [0.1, 0.15) is 5.82 Å². The number of nitrogens with one attached hydrogen (secondary N) is 1. The van der Waals surface area contributed by atoms with Gasteiger partial charge in [0.2, 0.25) is 0 Å². The minimum atomic E-state index is -0.301. The molecular formula is C23H22FN3. The van der Waals surface area contributed by atoms with Crippen molar-refractivity contribution in [1.29, 1.82) is 5.41 Å². The van der Waals surface area contributed by atoms with Crippen molar-refractivity contribution in [3.05, 3.63) is 95.3 Å². The highest BCUT2D eigenvalue weighted by Crippen LogP contribution is 2.27. The Hall–Kier alpha value is -3.40. The van der Waals surface area contributed by atoms with E-state index in [0.29, 0.717) is 29.1 Å². The summed E-state index contributed by atoms with van der Waals surface area (Å²) in [6, 6.07) is 17.8. The van der Waals surface area contributed by atoms with Crippen LogP contribution >= 0.6 is 0 Å². The highest BCUT2D eigenvalue weighted by Gasteiger charge is 2.12. The van der Waals surface area contributed by atoms with Crippen molar-refractivity contribution in [2.45, 2.75) is 13.3 Å². The molecule has 5 N–H and O–H groups in total. The van der Waals surface area contributed by atoms with E-state index in [2.05, 4.69) is 6.58 Å². The molecule has 0 aliphatic rings. The molecule has 0 heterocycles. The summed E-state index contributed by atoms with van der Waals surface area (Å²) in [5.41, 5.74) is 17.7. The van der Waals surface area contributed by atoms with E-state index in [0.717, 1.165) is 27.8 Å². The van der Waals surface area contributed by atoms with Gasteiger partial charge in [0.05, 0.1) is 0 Å². The fourth-order valence-electron chi connectivity index (χ4n) is 3.07. The van der Waals surface area contributed by atoms with Crippen LogP contribution in [-0.4, -0.2) is 5.71 Å². The first kappa shape index (κ1) is 18.4. The van der Waals surface area contributed by atoms with E-state index in [9.17, 15) is 4.39 Å². The molecule has 0 aliphatic heterocycles. The summed E-state index contributed by atoms with van der Waals surface area (Å²) in [6.45, 7) is 5.67. The molecular weight excluding hydrogens is 337 g/mol. The Morgan fingerprint density at radius 1 is 1.04 bits per heavy atom. The van der Waals surface area contributed by atoms with Crippen LogP contribution in [0.5, 0.6) is 0 Å². The van der Waals surface area contributed by atoms with Gasteiger partial charge >= 0.3 is 0 Å². The second-order valence-electron chi connectivity index (χ2n) is 6.61. The van der Waals surface area contributed by atoms with Gasteiger partial charge in [-0.25, -0.2) is 4.39 Å². The highest BCUT2D eigenvalue weighted by molar-refractivity contribution is 6.03. The summed E-state index contributed by atoms with van der Waals surface area (Å²) in [6.07, 6.45) is 0.367. The predicted octanol–water partition coefficient (Wildman–Crippen LogP) is 4.92. The molecule has 0 bridgehead atoms. The number of nitrogen functional groups attached to an aromatic ring is 1. The molecule has 136 valence electrons. The smallest absolute Gasteiger partial charge is 0.131 e. The minimum absolute atomic E-state index is 0.301. The van der Waals surface area contributed by atoms with Gasteiger partial charge < -0.3 is 16.9 Å². The Morgan fingerprint density at radius 3 is 2.41 bits per heavy atom. The van der Waals surface area contributed by atoms with Crippen LogP contribution in [0, 0.1) is 18.2 Å². The summed E-state index contributed by atoms with van der Waals surface area (Å²) in [4.78, 5) is 0. The lowest BCUT2D eigenvalue weighted by Crippen LogP contribution is -2.09. The van der Waals surface area contributed by atoms with Crippen LogP contribution < -0.4 is 11.5 Å². The van der Waals surface area contributed by atoms with Crippen LogP contribution in [0.4, 0.5) is 10.1 Å². The third-order valence-corrected chi connectivity index (χ3v) is 4.59. The maximum absolute atomic E-state index is 14.4. The monoisotopic (exact) mass is 359 g/mol. The largest absolute Gasteiger partial charge is 0.399 e. The van der Waals surface area contributed by atoms with E-state index < -0.39 is 0 Å². The van der Waals surface area contributed by atoms with Crippen LogP contribution in [0.2, 0.25) is 0 Å². The summed E-state index contributed by atoms with van der Waals surface area (Å²) < 4.78 is 14.4. The van der Waals surface area contributed by atoms with Crippen LogP contribution in [0.1, 0.15) is 22.3 Å². The van der Waals surface area contributed by atoms with Crippen molar-refractivity contribution in [3.63, 3.8) is 0 Å². The topological polar surface area (TPSA) is 75.9 Å². The lowest BCUT2D eigenvalue weighted by molar-refractivity contribution is 0.631. The van der Waals surface area contributed by atoms with Crippen LogP contribution in [0.15, 0.2) is 67.2 Å². The van der Waals surface area contributed by atoms with Gasteiger partial charge in [-0.2, -0.15) is 0 Å². The first-order valence-electron chi connectivity index (χ1n) is 8.63. The maximum atomic E-state index is 14.4. The van der Waals surface area contributed by atoms with E-state index in [4.69, 9.17) is 16.9 Å². The van der Waals surface area contributed by atoms with Crippen molar-refractivity contribution in [2.75, 3.05) is 5.73 Å². The summed E-state index contributed by atoms with van der Waals surface area (Å²) >= 11 is 0. The Kier molecular flexibility index (Phi) is 5.08. The number of halogens is 1. The third-order valence-electron chi connectivity index (χ3n) is 4.59. The summed E-state index contributed by atoms with van der Waals surface area (Å²) in [5.74, 6) is -0.301. The fourth-order valence-corrected chi connectivity index (χ4v) is 3.07. The molecule has 3 nitrogen and oxygen atoms in total. The molecule has 0 aliphatic carbocycles. The SMILES string of the molecule is C=C(N)c1ccccc1C(=N)Cc1ccc(F)c(-c2ccc(N)c(C)c2)c1. The molecule has 0 radical (unpaired) electrons. The fraction of sp³-hybridized carbons (Fsp3) is 0.0870. The second-order valence-corrected chi connectivity index (χ2v) is 6.61. The Labute approximate surface area is 158 Å². The maximum Gasteiger partial charge on any atom is 0.131 e. The average molecular weight is 359 g/mol. The molecule has 3 aromatic rings. The second kappa shape index (κ2) is 7.46. The van der Waals surface area contributed by atoms with Crippen LogP contribution in [-0.2, 0) is 6.42 Å². The number of hydrogen-bond acceptors (Lipinski definition) is 3. The summed E-state index contributed by atoms with van der Waals surface area (Å²) in [7, 11) is 0. The van der Waals surface area contributed by atoms with E-state index in [1.165, 1.54) is 6.07 Å². The Balaban J connectivity index is 1.94. The first-order chi connectivity index (χ1) is 12.9. The number of rotatable bonds is 5. The van der Waals surface area contributed by atoms with Crippen molar-refractivity contribution in [1.82, 2.24) is 0 Å².